The smallest absolute Gasteiger partial charge is 0.168 e. The number of hydrogen-bond donors (Lipinski definition) is 0. The van der Waals surface area contributed by atoms with Crippen LogP contribution in [0.5, 0.6) is 0 Å². The highest BCUT2D eigenvalue weighted by Crippen LogP contribution is 2.42. The topological polar surface area (TPSA) is 15.6 Å². The van der Waals surface area contributed by atoms with Crippen LogP contribution >= 0.6 is 27.7 Å². The van der Waals surface area contributed by atoms with Crippen molar-refractivity contribution >= 4 is 38.5 Å². The quantitative estimate of drug-likeness (QED) is 0.719. The number of benzene rings is 1. The molecule has 3 rings (SSSR count). The summed E-state index contributed by atoms with van der Waals surface area (Å²) in [6.07, 6.45) is 1.17. The van der Waals surface area contributed by atoms with Crippen LogP contribution in [0.4, 0.5) is 5.69 Å². The molecule has 1 aromatic carbocycles. The lowest BCUT2D eigenvalue weighted by molar-refractivity contribution is 0.798. The van der Waals surface area contributed by atoms with Crippen molar-refractivity contribution in [2.75, 3.05) is 18.0 Å². The number of rotatable bonds is 0. The zero-order chi connectivity index (χ0) is 9.54. The van der Waals surface area contributed by atoms with Crippen molar-refractivity contribution in [2.24, 2.45) is 4.99 Å². The van der Waals surface area contributed by atoms with Gasteiger partial charge in [-0.3, -0.25) is 4.99 Å². The van der Waals surface area contributed by atoms with Gasteiger partial charge < -0.3 is 4.90 Å². The van der Waals surface area contributed by atoms with Gasteiger partial charge in [-0.15, -0.1) is 0 Å². The number of fused-ring (bicyclic) bond motifs is 3. The van der Waals surface area contributed by atoms with Gasteiger partial charge in [0.15, 0.2) is 5.17 Å². The molecule has 0 unspecified atom stereocenters. The molecule has 1 aromatic rings. The predicted molar refractivity (Wildman–Crippen MR) is 64.3 cm³/mol. The number of thioether (sulfide) groups is 1. The SMILES string of the molecule is Brc1ccc2c(c1)SC1=NCCCN12. The normalized spacial score (nSPS) is 18.9. The van der Waals surface area contributed by atoms with Gasteiger partial charge in [0.25, 0.3) is 0 Å². The maximum Gasteiger partial charge on any atom is 0.168 e. The largest absolute Gasteiger partial charge is 0.320 e. The summed E-state index contributed by atoms with van der Waals surface area (Å²) in [6, 6.07) is 6.43. The molecule has 0 bridgehead atoms. The molecule has 0 atom stereocenters. The second kappa shape index (κ2) is 3.28. The van der Waals surface area contributed by atoms with Gasteiger partial charge >= 0.3 is 0 Å². The average molecular weight is 269 g/mol. The van der Waals surface area contributed by atoms with Gasteiger partial charge in [0, 0.05) is 22.5 Å². The van der Waals surface area contributed by atoms with Crippen LogP contribution in [0.2, 0.25) is 0 Å². The van der Waals surface area contributed by atoms with E-state index in [1.807, 2.05) is 0 Å². The second-order valence-corrected chi connectivity index (χ2v) is 5.31. The molecule has 0 saturated heterocycles. The Labute approximate surface area is 95.5 Å². The van der Waals surface area contributed by atoms with Gasteiger partial charge in [0.05, 0.1) is 5.69 Å². The first-order chi connectivity index (χ1) is 6.84. The lowest BCUT2D eigenvalue weighted by atomic mass is 10.2. The Kier molecular flexibility index (Phi) is 2.06. The van der Waals surface area contributed by atoms with Crippen LogP contribution in [0.1, 0.15) is 6.42 Å². The Balaban J connectivity index is 2.10. The summed E-state index contributed by atoms with van der Waals surface area (Å²) in [4.78, 5) is 8.16. The highest BCUT2D eigenvalue weighted by Gasteiger charge is 2.27. The minimum Gasteiger partial charge on any atom is -0.320 e. The lowest BCUT2D eigenvalue weighted by Crippen LogP contribution is -2.30. The molecular weight excluding hydrogens is 260 g/mol. The maximum absolute atomic E-state index is 4.53. The molecule has 2 aliphatic rings. The van der Waals surface area contributed by atoms with Gasteiger partial charge in [-0.1, -0.05) is 15.9 Å². The molecule has 4 heteroatoms. The fourth-order valence-electron chi connectivity index (χ4n) is 1.79. The van der Waals surface area contributed by atoms with E-state index in [-0.39, 0.29) is 0 Å². The molecule has 0 aliphatic carbocycles. The molecule has 72 valence electrons. The second-order valence-electron chi connectivity index (χ2n) is 3.38. The molecule has 0 radical (unpaired) electrons. The van der Waals surface area contributed by atoms with Crippen molar-refractivity contribution in [1.29, 1.82) is 0 Å². The predicted octanol–water partition coefficient (Wildman–Crippen LogP) is 3.12. The first-order valence-electron chi connectivity index (χ1n) is 4.64. The zero-order valence-electron chi connectivity index (χ0n) is 7.53. The third-order valence-electron chi connectivity index (χ3n) is 2.43. The summed E-state index contributed by atoms with van der Waals surface area (Å²) in [6.45, 7) is 2.09. The number of anilines is 1. The molecule has 2 aliphatic heterocycles. The van der Waals surface area contributed by atoms with Crippen LogP contribution in [-0.4, -0.2) is 18.3 Å². The number of amidine groups is 1. The summed E-state index contributed by atoms with van der Waals surface area (Å²) in [5.74, 6) is 0. The number of nitrogens with zero attached hydrogens (tertiary/aromatic N) is 2. The molecule has 0 aromatic heterocycles. The third kappa shape index (κ3) is 1.28. The van der Waals surface area contributed by atoms with E-state index in [0.29, 0.717) is 0 Å². The molecule has 0 fully saturated rings. The minimum absolute atomic E-state index is 0.980. The van der Waals surface area contributed by atoms with Gasteiger partial charge in [0.1, 0.15) is 0 Å². The maximum atomic E-state index is 4.53. The van der Waals surface area contributed by atoms with Gasteiger partial charge in [-0.2, -0.15) is 0 Å². The van der Waals surface area contributed by atoms with Crippen molar-refractivity contribution in [3.63, 3.8) is 0 Å². The van der Waals surface area contributed by atoms with Gasteiger partial charge in [0.2, 0.25) is 0 Å². The monoisotopic (exact) mass is 268 g/mol. The van der Waals surface area contributed by atoms with Crippen molar-refractivity contribution in [1.82, 2.24) is 0 Å². The van der Waals surface area contributed by atoms with E-state index in [0.717, 1.165) is 17.6 Å². The summed E-state index contributed by atoms with van der Waals surface area (Å²) >= 11 is 5.27. The summed E-state index contributed by atoms with van der Waals surface area (Å²) in [5, 5.41) is 1.17. The summed E-state index contributed by atoms with van der Waals surface area (Å²) in [7, 11) is 0. The van der Waals surface area contributed by atoms with Gasteiger partial charge in [-0.05, 0) is 36.4 Å². The highest BCUT2D eigenvalue weighted by molar-refractivity contribution is 9.10. The van der Waals surface area contributed by atoms with E-state index in [4.69, 9.17) is 0 Å². The Morgan fingerprint density at radius 3 is 3.29 bits per heavy atom. The van der Waals surface area contributed by atoms with E-state index in [1.165, 1.54) is 22.2 Å². The van der Waals surface area contributed by atoms with E-state index >= 15 is 0 Å². The molecular formula is C10H9BrN2S. The first kappa shape index (κ1) is 8.80. The van der Waals surface area contributed by atoms with Crippen LogP contribution in [-0.2, 0) is 0 Å². The Bertz CT molecular complexity index is 417. The van der Waals surface area contributed by atoms with E-state index in [9.17, 15) is 0 Å². The van der Waals surface area contributed by atoms with Crippen molar-refractivity contribution < 1.29 is 0 Å². The standard InChI is InChI=1S/C10H9BrN2S/c11-7-2-3-8-9(6-7)14-10-12-4-1-5-13(8)10/h2-3,6H,1,4-5H2. The molecule has 2 heterocycles. The van der Waals surface area contributed by atoms with Crippen molar-refractivity contribution in [3.05, 3.63) is 22.7 Å². The molecule has 0 saturated carbocycles. The van der Waals surface area contributed by atoms with Crippen LogP contribution in [0, 0.1) is 0 Å². The zero-order valence-corrected chi connectivity index (χ0v) is 9.94. The molecule has 2 nitrogen and oxygen atoms in total. The molecule has 0 amide bonds. The lowest BCUT2D eigenvalue weighted by Gasteiger charge is -2.22. The Morgan fingerprint density at radius 1 is 1.43 bits per heavy atom. The number of halogens is 1. The van der Waals surface area contributed by atoms with E-state index in [1.54, 1.807) is 11.8 Å². The number of aliphatic imine (C=N–C) groups is 1. The van der Waals surface area contributed by atoms with Crippen LogP contribution in [0.15, 0.2) is 32.6 Å². The van der Waals surface area contributed by atoms with Crippen LogP contribution in [0.25, 0.3) is 0 Å². The van der Waals surface area contributed by atoms with Crippen molar-refractivity contribution in [3.8, 4) is 0 Å². The average Bonchev–Trinajstić information content (AvgIpc) is 2.54. The Morgan fingerprint density at radius 2 is 2.36 bits per heavy atom. The van der Waals surface area contributed by atoms with Crippen LogP contribution in [0.3, 0.4) is 0 Å². The third-order valence-corrected chi connectivity index (χ3v) is 4.00. The highest BCUT2D eigenvalue weighted by atomic mass is 79.9. The fraction of sp³-hybridized carbons (Fsp3) is 0.300. The molecule has 0 N–H and O–H groups in total. The van der Waals surface area contributed by atoms with Crippen LogP contribution < -0.4 is 4.90 Å². The molecule has 0 spiro atoms. The minimum atomic E-state index is 0.980. The van der Waals surface area contributed by atoms with Crippen molar-refractivity contribution in [2.45, 2.75) is 11.3 Å². The first-order valence-corrected chi connectivity index (χ1v) is 6.25. The fourth-order valence-corrected chi connectivity index (χ4v) is 3.42. The Hall–Kier alpha value is -0.480. The summed E-state index contributed by atoms with van der Waals surface area (Å²) < 4.78 is 1.14. The molecule has 14 heavy (non-hydrogen) atoms. The number of hydrogen-bond acceptors (Lipinski definition) is 3. The van der Waals surface area contributed by atoms with E-state index < -0.39 is 0 Å². The summed E-state index contributed by atoms with van der Waals surface area (Å²) in [5.41, 5.74) is 1.32. The van der Waals surface area contributed by atoms with Gasteiger partial charge in [-0.25, -0.2) is 0 Å². The van der Waals surface area contributed by atoms with E-state index in [2.05, 4.69) is 44.0 Å².